The zero-order chi connectivity index (χ0) is 13.9. The molecule has 0 saturated carbocycles. The average Bonchev–Trinajstić information content (AvgIpc) is 3.08. The molecule has 2 aromatic rings. The smallest absolute Gasteiger partial charge is 0.229 e. The number of hydrogen-bond acceptors (Lipinski definition) is 5. The van der Waals surface area contributed by atoms with Crippen molar-refractivity contribution in [1.29, 1.82) is 0 Å². The summed E-state index contributed by atoms with van der Waals surface area (Å²) in [5, 5.41) is 4.04. The fraction of sp³-hybridized carbons (Fsp3) is 0.429. The van der Waals surface area contributed by atoms with E-state index >= 15 is 0 Å². The van der Waals surface area contributed by atoms with E-state index in [1.54, 1.807) is 18.6 Å². The minimum atomic E-state index is 0.0246. The van der Waals surface area contributed by atoms with Crippen LogP contribution < -0.4 is 0 Å². The molecule has 1 aliphatic rings. The second-order valence-corrected chi connectivity index (χ2v) is 4.98. The Morgan fingerprint density at radius 3 is 3.10 bits per heavy atom. The van der Waals surface area contributed by atoms with Crippen molar-refractivity contribution in [2.24, 2.45) is 0 Å². The maximum Gasteiger partial charge on any atom is 0.229 e. The molecule has 20 heavy (non-hydrogen) atoms. The zero-order valence-corrected chi connectivity index (χ0v) is 11.3. The first-order valence-electron chi connectivity index (χ1n) is 6.71. The second kappa shape index (κ2) is 5.40. The lowest BCUT2D eigenvalue weighted by Crippen LogP contribution is -2.32. The van der Waals surface area contributed by atoms with Crippen molar-refractivity contribution in [2.45, 2.75) is 32.2 Å². The molecule has 0 N–H and O–H groups in total. The number of hydrogen-bond donors (Lipinski definition) is 0. The van der Waals surface area contributed by atoms with Gasteiger partial charge in [-0.2, -0.15) is 0 Å². The van der Waals surface area contributed by atoms with Gasteiger partial charge < -0.3 is 9.42 Å². The Morgan fingerprint density at radius 2 is 2.40 bits per heavy atom. The van der Waals surface area contributed by atoms with Gasteiger partial charge in [0.15, 0.2) is 0 Å². The van der Waals surface area contributed by atoms with E-state index < -0.39 is 0 Å². The average molecular weight is 272 g/mol. The van der Waals surface area contributed by atoms with Crippen molar-refractivity contribution in [3.8, 4) is 0 Å². The van der Waals surface area contributed by atoms with Crippen LogP contribution >= 0.6 is 0 Å². The Balaban J connectivity index is 1.73. The lowest BCUT2D eigenvalue weighted by atomic mass is 10.1. The van der Waals surface area contributed by atoms with Crippen molar-refractivity contribution in [3.05, 3.63) is 41.8 Å². The highest BCUT2D eigenvalue weighted by atomic mass is 16.5. The maximum atomic E-state index is 12.4. The Morgan fingerprint density at radius 1 is 1.50 bits per heavy atom. The van der Waals surface area contributed by atoms with Gasteiger partial charge in [0.05, 0.1) is 18.2 Å². The predicted octanol–water partition coefficient (Wildman–Crippen LogP) is 1.68. The summed E-state index contributed by atoms with van der Waals surface area (Å²) in [6.45, 7) is 2.62. The highest BCUT2D eigenvalue weighted by molar-refractivity contribution is 5.79. The van der Waals surface area contributed by atoms with Crippen molar-refractivity contribution < 1.29 is 9.32 Å². The summed E-state index contributed by atoms with van der Waals surface area (Å²) in [4.78, 5) is 22.4. The van der Waals surface area contributed by atoms with Gasteiger partial charge >= 0.3 is 0 Å². The third-order valence-corrected chi connectivity index (χ3v) is 3.51. The van der Waals surface area contributed by atoms with Crippen molar-refractivity contribution in [3.63, 3.8) is 0 Å². The molecule has 104 valence electrons. The van der Waals surface area contributed by atoms with Crippen LogP contribution in [0.3, 0.4) is 0 Å². The van der Waals surface area contributed by atoms with E-state index in [0.29, 0.717) is 5.69 Å². The standard InChI is InChI=1S/C14H16N4O2/c1-10-7-12(17-20-10)13-3-2-6-18(13)14(19)8-11-9-15-4-5-16-11/h4-5,7,9,13H,2-3,6,8H2,1H3/t13-/m1/s1. The quantitative estimate of drug-likeness (QED) is 0.850. The fourth-order valence-corrected chi connectivity index (χ4v) is 2.59. The Kier molecular flexibility index (Phi) is 3.45. The molecule has 0 bridgehead atoms. The Hall–Kier alpha value is -2.24. The number of nitrogens with zero attached hydrogens (tertiary/aromatic N) is 4. The lowest BCUT2D eigenvalue weighted by Gasteiger charge is -2.22. The number of aryl methyl sites for hydroxylation is 1. The summed E-state index contributed by atoms with van der Waals surface area (Å²) in [7, 11) is 0. The SMILES string of the molecule is Cc1cc([C@H]2CCCN2C(=O)Cc2cnccn2)no1. The molecule has 1 saturated heterocycles. The van der Waals surface area contributed by atoms with Gasteiger partial charge in [-0.15, -0.1) is 0 Å². The molecule has 2 aromatic heterocycles. The van der Waals surface area contributed by atoms with E-state index in [1.807, 2.05) is 17.9 Å². The first kappa shape index (κ1) is 12.8. The molecular weight excluding hydrogens is 256 g/mol. The van der Waals surface area contributed by atoms with Crippen molar-refractivity contribution in [2.75, 3.05) is 6.54 Å². The number of amides is 1. The molecule has 3 rings (SSSR count). The van der Waals surface area contributed by atoms with Gasteiger partial charge in [-0.25, -0.2) is 0 Å². The highest BCUT2D eigenvalue weighted by Gasteiger charge is 2.32. The topological polar surface area (TPSA) is 72.1 Å². The van der Waals surface area contributed by atoms with Crippen LogP contribution in [-0.2, 0) is 11.2 Å². The van der Waals surface area contributed by atoms with Gasteiger partial charge in [0.2, 0.25) is 5.91 Å². The number of likely N-dealkylation sites (tertiary alicyclic amines) is 1. The maximum absolute atomic E-state index is 12.4. The van der Waals surface area contributed by atoms with Crippen LogP contribution in [-0.4, -0.2) is 32.5 Å². The molecular formula is C14H16N4O2. The molecule has 0 radical (unpaired) electrons. The van der Waals surface area contributed by atoms with Gasteiger partial charge in [-0.1, -0.05) is 5.16 Å². The van der Waals surface area contributed by atoms with Crippen LogP contribution in [0.4, 0.5) is 0 Å². The first-order valence-corrected chi connectivity index (χ1v) is 6.71. The van der Waals surface area contributed by atoms with Crippen LogP contribution in [0.5, 0.6) is 0 Å². The van der Waals surface area contributed by atoms with Crippen LogP contribution in [0, 0.1) is 6.92 Å². The van der Waals surface area contributed by atoms with Gasteiger partial charge in [-0.3, -0.25) is 14.8 Å². The molecule has 1 atom stereocenters. The van der Waals surface area contributed by atoms with Crippen LogP contribution in [0.15, 0.2) is 29.2 Å². The minimum Gasteiger partial charge on any atom is -0.361 e. The Labute approximate surface area is 116 Å². The third kappa shape index (κ3) is 2.54. The molecule has 6 nitrogen and oxygen atoms in total. The molecule has 6 heteroatoms. The van der Waals surface area contributed by atoms with Gasteiger partial charge in [0.25, 0.3) is 0 Å². The second-order valence-electron chi connectivity index (χ2n) is 4.98. The molecule has 0 aliphatic carbocycles. The summed E-state index contributed by atoms with van der Waals surface area (Å²) in [6.07, 6.45) is 7.03. The minimum absolute atomic E-state index is 0.0246. The summed E-state index contributed by atoms with van der Waals surface area (Å²) in [6, 6.07) is 1.93. The van der Waals surface area contributed by atoms with E-state index in [2.05, 4.69) is 15.1 Å². The molecule has 1 amide bonds. The largest absolute Gasteiger partial charge is 0.361 e. The van der Waals surface area contributed by atoms with E-state index in [1.165, 1.54) is 0 Å². The molecule has 1 aliphatic heterocycles. The van der Waals surface area contributed by atoms with Crippen LogP contribution in [0.2, 0.25) is 0 Å². The van der Waals surface area contributed by atoms with Gasteiger partial charge in [-0.05, 0) is 19.8 Å². The summed E-state index contributed by atoms with van der Waals surface area (Å²) < 4.78 is 5.11. The number of carbonyl (C=O) groups is 1. The molecule has 0 aromatic carbocycles. The van der Waals surface area contributed by atoms with Crippen LogP contribution in [0.1, 0.15) is 36.0 Å². The van der Waals surface area contributed by atoms with Crippen molar-refractivity contribution >= 4 is 5.91 Å². The van der Waals surface area contributed by atoms with Gasteiger partial charge in [0.1, 0.15) is 11.5 Å². The zero-order valence-electron chi connectivity index (χ0n) is 11.3. The van der Waals surface area contributed by atoms with Crippen molar-refractivity contribution in [1.82, 2.24) is 20.0 Å². The molecule has 3 heterocycles. The fourth-order valence-electron chi connectivity index (χ4n) is 2.59. The summed E-state index contributed by atoms with van der Waals surface area (Å²) >= 11 is 0. The summed E-state index contributed by atoms with van der Waals surface area (Å²) in [5.41, 5.74) is 1.53. The number of carbonyl (C=O) groups excluding carboxylic acids is 1. The van der Waals surface area contributed by atoms with E-state index in [4.69, 9.17) is 4.52 Å². The van der Waals surface area contributed by atoms with E-state index in [0.717, 1.165) is 30.8 Å². The molecule has 0 unspecified atom stereocenters. The monoisotopic (exact) mass is 272 g/mol. The normalized spacial score (nSPS) is 18.4. The van der Waals surface area contributed by atoms with E-state index in [-0.39, 0.29) is 18.4 Å². The number of rotatable bonds is 3. The Bertz CT molecular complexity index is 596. The van der Waals surface area contributed by atoms with Gasteiger partial charge in [0, 0.05) is 31.2 Å². The third-order valence-electron chi connectivity index (χ3n) is 3.51. The van der Waals surface area contributed by atoms with E-state index in [9.17, 15) is 4.79 Å². The number of aromatic nitrogens is 3. The predicted molar refractivity (Wildman–Crippen MR) is 70.7 cm³/mol. The highest BCUT2D eigenvalue weighted by Crippen LogP contribution is 2.31. The van der Waals surface area contributed by atoms with Crippen LogP contribution in [0.25, 0.3) is 0 Å². The first-order chi connectivity index (χ1) is 9.74. The molecule has 1 fully saturated rings. The lowest BCUT2D eigenvalue weighted by molar-refractivity contribution is -0.131. The molecule has 0 spiro atoms. The summed E-state index contributed by atoms with van der Waals surface area (Å²) in [5.74, 6) is 0.835.